The average molecular weight is 807 g/mol. The minimum absolute atomic E-state index is 0.723. The second-order valence-corrected chi connectivity index (χ2v) is 15.7. The van der Waals surface area contributed by atoms with Gasteiger partial charge in [0.05, 0.1) is 27.5 Å². The zero-order chi connectivity index (χ0) is 35.3. The van der Waals surface area contributed by atoms with Crippen LogP contribution in [0.3, 0.4) is 0 Å². The normalized spacial score (nSPS) is 13.2. The van der Waals surface area contributed by atoms with Crippen molar-refractivity contribution in [3.8, 4) is 22.5 Å². The van der Waals surface area contributed by atoms with Gasteiger partial charge in [0, 0.05) is 41.9 Å². The largest absolute Gasteiger partial charge is 0.309 e. The lowest BCUT2D eigenvalue weighted by Crippen LogP contribution is -2.30. The Morgan fingerprint density at radius 1 is 0.340 bits per heavy atom. The van der Waals surface area contributed by atoms with E-state index in [-0.39, 0.29) is 0 Å². The fourth-order valence-electron chi connectivity index (χ4n) is 9.33. The molecule has 2 nitrogen and oxygen atoms in total. The van der Waals surface area contributed by atoms with Crippen LogP contribution < -0.4 is 0 Å². The number of fused-ring (bicyclic) bond motifs is 9. The van der Waals surface area contributed by atoms with Gasteiger partial charge in [-0.1, -0.05) is 153 Å². The zero-order valence-corrected chi connectivity index (χ0v) is 31.6. The molecule has 0 saturated heterocycles. The molecule has 0 unspecified atom stereocenters. The number of rotatable bonds is 4. The van der Waals surface area contributed by atoms with E-state index in [1.165, 1.54) is 77.0 Å². The fraction of sp³-hybridized carbons (Fsp3) is 0.0204. The molecule has 53 heavy (non-hydrogen) atoms. The van der Waals surface area contributed by atoms with Crippen LogP contribution in [0.2, 0.25) is 0 Å². The number of aromatic nitrogens is 2. The predicted molar refractivity (Wildman–Crippen MR) is 228 cm³/mol. The molecule has 0 aliphatic heterocycles. The first-order valence-corrected chi connectivity index (χ1v) is 19.5. The topological polar surface area (TPSA) is 9.86 Å². The van der Waals surface area contributed by atoms with Gasteiger partial charge in [-0.2, -0.15) is 0 Å². The van der Waals surface area contributed by atoms with Crippen LogP contribution >= 0.6 is 31.9 Å². The first-order chi connectivity index (χ1) is 26.1. The van der Waals surface area contributed by atoms with Crippen molar-refractivity contribution in [2.24, 2.45) is 0 Å². The number of halogens is 2. The van der Waals surface area contributed by atoms with Crippen LogP contribution in [0.25, 0.3) is 66.1 Å². The SMILES string of the molecule is Brc1ccc2c(c1)C(c1cccc3c4ccccc4n(-c4ccccc4)c13)(c1cccc3c4ccccc4n(-c4ccccc4)c13)c1cc(Br)ccc1-2. The third kappa shape index (κ3) is 4.25. The van der Waals surface area contributed by atoms with Crippen molar-refractivity contribution >= 4 is 75.5 Å². The molecular weight excluding hydrogens is 776 g/mol. The molecule has 2 heterocycles. The molecule has 1 aliphatic carbocycles. The summed E-state index contributed by atoms with van der Waals surface area (Å²) in [4.78, 5) is 0. The highest BCUT2D eigenvalue weighted by atomic mass is 79.9. The summed E-state index contributed by atoms with van der Waals surface area (Å²) in [5.74, 6) is 0. The van der Waals surface area contributed by atoms with Gasteiger partial charge in [0.1, 0.15) is 0 Å². The first-order valence-electron chi connectivity index (χ1n) is 17.9. The van der Waals surface area contributed by atoms with Gasteiger partial charge in [0.2, 0.25) is 0 Å². The van der Waals surface area contributed by atoms with Crippen LogP contribution in [0.15, 0.2) is 191 Å². The quantitative estimate of drug-likeness (QED) is 0.168. The van der Waals surface area contributed by atoms with Gasteiger partial charge in [0.15, 0.2) is 0 Å². The van der Waals surface area contributed by atoms with E-state index in [0.29, 0.717) is 0 Å². The lowest BCUT2D eigenvalue weighted by atomic mass is 9.66. The maximum absolute atomic E-state index is 3.96. The highest BCUT2D eigenvalue weighted by Gasteiger charge is 2.49. The summed E-state index contributed by atoms with van der Waals surface area (Å²) in [5, 5.41) is 4.94. The maximum atomic E-state index is 3.96. The molecule has 11 rings (SSSR count). The molecule has 0 atom stereocenters. The summed E-state index contributed by atoms with van der Waals surface area (Å²) >= 11 is 7.92. The molecule has 0 bridgehead atoms. The lowest BCUT2D eigenvalue weighted by molar-refractivity contribution is 0.775. The van der Waals surface area contributed by atoms with E-state index in [0.717, 1.165) is 20.3 Å². The van der Waals surface area contributed by atoms with Gasteiger partial charge in [-0.3, -0.25) is 0 Å². The smallest absolute Gasteiger partial charge is 0.0755 e. The maximum Gasteiger partial charge on any atom is 0.0755 e. The summed E-state index contributed by atoms with van der Waals surface area (Å²) in [5.41, 5.74) is 13.8. The van der Waals surface area contributed by atoms with Crippen molar-refractivity contribution in [1.29, 1.82) is 0 Å². The van der Waals surface area contributed by atoms with Crippen molar-refractivity contribution in [3.05, 3.63) is 213 Å². The van der Waals surface area contributed by atoms with Crippen LogP contribution in [0.5, 0.6) is 0 Å². The van der Waals surface area contributed by atoms with Crippen molar-refractivity contribution in [2.45, 2.75) is 5.41 Å². The highest BCUT2D eigenvalue weighted by Crippen LogP contribution is 2.60. The number of hydrogen-bond donors (Lipinski definition) is 0. The van der Waals surface area contributed by atoms with Crippen LogP contribution in [0, 0.1) is 0 Å². The molecule has 0 fully saturated rings. The Morgan fingerprint density at radius 2 is 0.736 bits per heavy atom. The van der Waals surface area contributed by atoms with Gasteiger partial charge < -0.3 is 9.13 Å². The van der Waals surface area contributed by atoms with Gasteiger partial charge in [0.25, 0.3) is 0 Å². The highest BCUT2D eigenvalue weighted by molar-refractivity contribution is 9.10. The second-order valence-electron chi connectivity index (χ2n) is 13.9. The van der Waals surface area contributed by atoms with Crippen LogP contribution in [-0.4, -0.2) is 9.13 Å². The first kappa shape index (κ1) is 30.9. The van der Waals surface area contributed by atoms with E-state index in [1.807, 2.05) is 0 Å². The van der Waals surface area contributed by atoms with E-state index >= 15 is 0 Å². The van der Waals surface area contributed by atoms with Crippen LogP contribution in [0.1, 0.15) is 22.3 Å². The molecule has 8 aromatic carbocycles. The number of benzene rings is 8. The molecule has 0 saturated carbocycles. The molecule has 4 heteroatoms. The van der Waals surface area contributed by atoms with Crippen molar-refractivity contribution < 1.29 is 0 Å². The standard InChI is InChI=1S/C49H30Br2N2/c50-31-25-27-35-36-28-26-32(51)30-44(36)49(43(35)29-31,41-21-11-19-39-37-17-7-9-23-45(37)52(47(39)41)33-13-3-1-4-14-33)42-22-12-20-40-38-18-8-10-24-46(38)53(48(40)42)34-15-5-2-6-16-34/h1-30H. The van der Waals surface area contributed by atoms with E-state index in [4.69, 9.17) is 0 Å². The van der Waals surface area contributed by atoms with Gasteiger partial charge in [-0.05, 0) is 94.0 Å². The van der Waals surface area contributed by atoms with Gasteiger partial charge in [-0.25, -0.2) is 0 Å². The fourth-order valence-corrected chi connectivity index (χ4v) is 10.0. The minimum atomic E-state index is -0.723. The summed E-state index contributed by atoms with van der Waals surface area (Å²) in [7, 11) is 0. The second kappa shape index (κ2) is 11.7. The van der Waals surface area contributed by atoms with Crippen molar-refractivity contribution in [1.82, 2.24) is 9.13 Å². The Labute approximate surface area is 323 Å². The lowest BCUT2D eigenvalue weighted by Gasteiger charge is -2.36. The Kier molecular flexibility index (Phi) is 6.80. The van der Waals surface area contributed by atoms with E-state index in [9.17, 15) is 0 Å². The summed E-state index contributed by atoms with van der Waals surface area (Å²) in [6, 6.07) is 67.0. The molecule has 0 amide bonds. The third-order valence-corrected chi connectivity index (χ3v) is 12.3. The van der Waals surface area contributed by atoms with Gasteiger partial charge >= 0.3 is 0 Å². The third-order valence-electron chi connectivity index (χ3n) is 11.3. The molecule has 1 aliphatic rings. The molecule has 0 N–H and O–H groups in total. The Hall–Kier alpha value is -5.68. The van der Waals surface area contributed by atoms with Crippen LogP contribution in [0.4, 0.5) is 0 Å². The average Bonchev–Trinajstić information content (AvgIpc) is 3.82. The summed E-state index contributed by atoms with van der Waals surface area (Å²) in [6.45, 7) is 0. The van der Waals surface area contributed by atoms with E-state index in [1.54, 1.807) is 0 Å². The summed E-state index contributed by atoms with van der Waals surface area (Å²) in [6.07, 6.45) is 0. The zero-order valence-electron chi connectivity index (χ0n) is 28.5. The van der Waals surface area contributed by atoms with Crippen molar-refractivity contribution in [2.75, 3.05) is 0 Å². The Balaban J connectivity index is 1.43. The summed E-state index contributed by atoms with van der Waals surface area (Å²) < 4.78 is 7.09. The Morgan fingerprint density at radius 3 is 1.19 bits per heavy atom. The molecule has 250 valence electrons. The van der Waals surface area contributed by atoms with Gasteiger partial charge in [-0.15, -0.1) is 0 Å². The predicted octanol–water partition coefficient (Wildman–Crippen LogP) is 13.8. The molecule has 2 aromatic heterocycles. The van der Waals surface area contributed by atoms with Crippen molar-refractivity contribution in [3.63, 3.8) is 0 Å². The molecule has 0 spiro atoms. The van der Waals surface area contributed by atoms with E-state index < -0.39 is 5.41 Å². The van der Waals surface area contributed by atoms with E-state index in [2.05, 4.69) is 223 Å². The monoisotopic (exact) mass is 804 g/mol. The molecule has 10 aromatic rings. The number of nitrogens with zero attached hydrogens (tertiary/aromatic N) is 2. The Bertz CT molecular complexity index is 2870. The number of para-hydroxylation sites is 6. The molecular formula is C49H30Br2N2. The number of hydrogen-bond acceptors (Lipinski definition) is 0. The minimum Gasteiger partial charge on any atom is -0.309 e. The van der Waals surface area contributed by atoms with Crippen LogP contribution in [-0.2, 0) is 5.41 Å². The molecule has 0 radical (unpaired) electrons.